The normalized spacial score (nSPS) is 10.6. The standard InChI is InChI=1S/C16H19ClN2OS/c1-11-15(21-12(2)19-11)7-8-16(20)18-10-9-13-3-5-14(17)6-4-13/h3-6H,7-10H2,1-2H3,(H,18,20). The van der Waals surface area contributed by atoms with Gasteiger partial charge in [-0.3, -0.25) is 4.79 Å². The van der Waals surface area contributed by atoms with Crippen LogP contribution in [0.15, 0.2) is 24.3 Å². The molecule has 0 atom stereocenters. The lowest BCUT2D eigenvalue weighted by Crippen LogP contribution is -2.25. The van der Waals surface area contributed by atoms with E-state index in [0.29, 0.717) is 13.0 Å². The van der Waals surface area contributed by atoms with Gasteiger partial charge in [-0.1, -0.05) is 23.7 Å². The molecule has 112 valence electrons. The van der Waals surface area contributed by atoms with Crippen molar-refractivity contribution in [3.63, 3.8) is 0 Å². The van der Waals surface area contributed by atoms with Crippen molar-refractivity contribution in [1.29, 1.82) is 0 Å². The predicted octanol–water partition coefficient (Wildman–Crippen LogP) is 3.70. The number of hydrogen-bond donors (Lipinski definition) is 1. The fourth-order valence-corrected chi connectivity index (χ4v) is 3.18. The fraction of sp³-hybridized carbons (Fsp3) is 0.375. The SMILES string of the molecule is Cc1nc(C)c(CCC(=O)NCCc2ccc(Cl)cc2)s1. The van der Waals surface area contributed by atoms with E-state index in [1.807, 2.05) is 38.1 Å². The third-order valence-corrected chi connectivity index (χ3v) is 4.61. The van der Waals surface area contributed by atoms with E-state index in [1.165, 1.54) is 10.4 Å². The molecule has 21 heavy (non-hydrogen) atoms. The Morgan fingerprint density at radius 1 is 1.24 bits per heavy atom. The Bertz CT molecular complexity index is 607. The second-order valence-corrected chi connectivity index (χ2v) is 6.69. The van der Waals surface area contributed by atoms with Crippen LogP contribution < -0.4 is 5.32 Å². The van der Waals surface area contributed by atoms with Crippen LogP contribution in [0.1, 0.15) is 27.6 Å². The van der Waals surface area contributed by atoms with E-state index in [1.54, 1.807) is 11.3 Å². The highest BCUT2D eigenvalue weighted by Gasteiger charge is 2.07. The second-order valence-electron chi connectivity index (χ2n) is 4.97. The molecule has 0 unspecified atom stereocenters. The monoisotopic (exact) mass is 322 g/mol. The molecule has 0 aliphatic carbocycles. The van der Waals surface area contributed by atoms with Crippen molar-refractivity contribution in [1.82, 2.24) is 10.3 Å². The number of benzene rings is 1. The Labute approximate surface area is 134 Å². The summed E-state index contributed by atoms with van der Waals surface area (Å²) in [6, 6.07) is 7.71. The van der Waals surface area contributed by atoms with Crippen LogP contribution >= 0.6 is 22.9 Å². The molecule has 5 heteroatoms. The smallest absolute Gasteiger partial charge is 0.220 e. The Hall–Kier alpha value is -1.39. The summed E-state index contributed by atoms with van der Waals surface area (Å²) in [5.41, 5.74) is 2.22. The zero-order valence-electron chi connectivity index (χ0n) is 12.3. The fourth-order valence-electron chi connectivity index (χ4n) is 2.12. The minimum Gasteiger partial charge on any atom is -0.356 e. The highest BCUT2D eigenvalue weighted by atomic mass is 35.5. The van der Waals surface area contributed by atoms with Crippen LogP contribution in [0.5, 0.6) is 0 Å². The average molecular weight is 323 g/mol. The molecule has 0 fully saturated rings. The largest absolute Gasteiger partial charge is 0.356 e. The van der Waals surface area contributed by atoms with Crippen molar-refractivity contribution in [2.24, 2.45) is 0 Å². The summed E-state index contributed by atoms with van der Waals surface area (Å²) in [7, 11) is 0. The third kappa shape index (κ3) is 5.14. The number of aryl methyl sites for hydroxylation is 3. The first-order valence-corrected chi connectivity index (χ1v) is 8.18. The van der Waals surface area contributed by atoms with E-state index in [9.17, 15) is 4.79 Å². The molecule has 2 aromatic rings. The van der Waals surface area contributed by atoms with Gasteiger partial charge in [0.15, 0.2) is 0 Å². The number of aromatic nitrogens is 1. The summed E-state index contributed by atoms with van der Waals surface area (Å²) < 4.78 is 0. The first-order valence-electron chi connectivity index (χ1n) is 6.98. The summed E-state index contributed by atoms with van der Waals surface area (Å²) in [4.78, 5) is 17.4. The van der Waals surface area contributed by atoms with E-state index >= 15 is 0 Å². The van der Waals surface area contributed by atoms with Crippen LogP contribution in [-0.4, -0.2) is 17.4 Å². The quantitative estimate of drug-likeness (QED) is 0.881. The zero-order chi connectivity index (χ0) is 15.2. The van der Waals surface area contributed by atoms with Crippen molar-refractivity contribution < 1.29 is 4.79 Å². The molecule has 0 aliphatic rings. The summed E-state index contributed by atoms with van der Waals surface area (Å²) in [5.74, 6) is 0.0921. The molecule has 1 amide bonds. The van der Waals surface area contributed by atoms with Crippen LogP contribution in [0.25, 0.3) is 0 Å². The third-order valence-electron chi connectivity index (χ3n) is 3.23. The Kier molecular flexibility index (Phi) is 5.76. The molecule has 0 saturated carbocycles. The maximum absolute atomic E-state index is 11.8. The molecule has 0 radical (unpaired) electrons. The average Bonchev–Trinajstić information content (AvgIpc) is 2.77. The lowest BCUT2D eigenvalue weighted by molar-refractivity contribution is -0.121. The number of amides is 1. The highest BCUT2D eigenvalue weighted by Crippen LogP contribution is 2.18. The number of thiazole rings is 1. The number of carbonyl (C=O) groups is 1. The molecule has 1 aromatic heterocycles. The molecule has 3 nitrogen and oxygen atoms in total. The Morgan fingerprint density at radius 3 is 2.57 bits per heavy atom. The van der Waals surface area contributed by atoms with Crippen LogP contribution in [-0.2, 0) is 17.6 Å². The first-order chi connectivity index (χ1) is 10.0. The number of hydrogen-bond acceptors (Lipinski definition) is 3. The van der Waals surface area contributed by atoms with Gasteiger partial charge in [0.25, 0.3) is 0 Å². The van der Waals surface area contributed by atoms with Crippen molar-refractivity contribution >= 4 is 28.8 Å². The van der Waals surface area contributed by atoms with Gasteiger partial charge in [-0.25, -0.2) is 4.98 Å². The molecule has 0 aliphatic heterocycles. The Morgan fingerprint density at radius 2 is 1.95 bits per heavy atom. The number of carbonyl (C=O) groups excluding carboxylic acids is 1. The van der Waals surface area contributed by atoms with Gasteiger partial charge in [-0.15, -0.1) is 11.3 Å². The molecule has 0 bridgehead atoms. The Balaban J connectivity index is 1.70. The minimum absolute atomic E-state index is 0.0921. The van der Waals surface area contributed by atoms with Gasteiger partial charge in [-0.2, -0.15) is 0 Å². The van der Waals surface area contributed by atoms with Crippen LogP contribution in [0.4, 0.5) is 0 Å². The van der Waals surface area contributed by atoms with Crippen molar-refractivity contribution in [3.05, 3.63) is 50.4 Å². The van der Waals surface area contributed by atoms with E-state index in [0.717, 1.165) is 28.6 Å². The molecule has 1 aromatic carbocycles. The maximum atomic E-state index is 11.8. The topological polar surface area (TPSA) is 42.0 Å². The number of nitrogens with one attached hydrogen (secondary N) is 1. The summed E-state index contributed by atoms with van der Waals surface area (Å²) in [6.07, 6.45) is 2.11. The predicted molar refractivity (Wildman–Crippen MR) is 88.1 cm³/mol. The summed E-state index contributed by atoms with van der Waals surface area (Å²) in [5, 5.41) is 4.75. The van der Waals surface area contributed by atoms with Gasteiger partial charge in [0.1, 0.15) is 0 Å². The van der Waals surface area contributed by atoms with Crippen molar-refractivity contribution in [2.75, 3.05) is 6.54 Å². The molecule has 1 N–H and O–H groups in total. The molecule has 0 spiro atoms. The van der Waals surface area contributed by atoms with Gasteiger partial charge in [0, 0.05) is 22.9 Å². The van der Waals surface area contributed by atoms with Crippen LogP contribution in [0.2, 0.25) is 5.02 Å². The van der Waals surface area contributed by atoms with E-state index in [-0.39, 0.29) is 5.91 Å². The molecule has 2 rings (SSSR count). The van der Waals surface area contributed by atoms with Crippen LogP contribution in [0, 0.1) is 13.8 Å². The van der Waals surface area contributed by atoms with E-state index in [2.05, 4.69) is 10.3 Å². The second kappa shape index (κ2) is 7.57. The molecular weight excluding hydrogens is 304 g/mol. The molecule has 0 saturated heterocycles. The van der Waals surface area contributed by atoms with Crippen molar-refractivity contribution in [2.45, 2.75) is 33.1 Å². The lowest BCUT2D eigenvalue weighted by Gasteiger charge is -2.05. The molecule has 1 heterocycles. The van der Waals surface area contributed by atoms with Gasteiger partial charge in [0.05, 0.1) is 10.7 Å². The first kappa shape index (κ1) is 16.0. The van der Waals surface area contributed by atoms with E-state index in [4.69, 9.17) is 11.6 Å². The van der Waals surface area contributed by atoms with E-state index < -0.39 is 0 Å². The van der Waals surface area contributed by atoms with Crippen LogP contribution in [0.3, 0.4) is 0 Å². The van der Waals surface area contributed by atoms with Gasteiger partial charge in [0.2, 0.25) is 5.91 Å². The number of halogens is 1. The van der Waals surface area contributed by atoms with Gasteiger partial charge >= 0.3 is 0 Å². The lowest BCUT2D eigenvalue weighted by atomic mass is 10.1. The molecular formula is C16H19ClN2OS. The minimum atomic E-state index is 0.0921. The highest BCUT2D eigenvalue weighted by molar-refractivity contribution is 7.11. The zero-order valence-corrected chi connectivity index (χ0v) is 13.9. The summed E-state index contributed by atoms with van der Waals surface area (Å²) >= 11 is 7.51. The summed E-state index contributed by atoms with van der Waals surface area (Å²) in [6.45, 7) is 4.64. The maximum Gasteiger partial charge on any atom is 0.220 e. The number of rotatable bonds is 6. The van der Waals surface area contributed by atoms with Gasteiger partial charge < -0.3 is 5.32 Å². The number of nitrogens with zero attached hydrogens (tertiary/aromatic N) is 1. The van der Waals surface area contributed by atoms with Crippen molar-refractivity contribution in [3.8, 4) is 0 Å². The van der Waals surface area contributed by atoms with Gasteiger partial charge in [-0.05, 0) is 44.4 Å².